The first kappa shape index (κ1) is 16.1. The van der Waals surface area contributed by atoms with E-state index in [0.29, 0.717) is 22.9 Å². The van der Waals surface area contributed by atoms with Gasteiger partial charge in [-0.2, -0.15) is 0 Å². The van der Waals surface area contributed by atoms with Crippen LogP contribution in [0.3, 0.4) is 0 Å². The molecule has 0 aliphatic rings. The summed E-state index contributed by atoms with van der Waals surface area (Å²) in [6.07, 6.45) is 0. The van der Waals surface area contributed by atoms with Gasteiger partial charge in [-0.05, 0) is 39.2 Å². The Morgan fingerprint density at radius 1 is 1.35 bits per heavy atom. The largest absolute Gasteiger partial charge is 0.350 e. The molecular weight excluding hydrogens is 330 g/mol. The summed E-state index contributed by atoms with van der Waals surface area (Å²) < 4.78 is 1.14. The number of aromatic amines is 1. The summed E-state index contributed by atoms with van der Waals surface area (Å²) in [5, 5.41) is 3.42. The van der Waals surface area contributed by atoms with Crippen LogP contribution in [0.2, 0.25) is 5.02 Å². The molecule has 3 aromatic rings. The van der Waals surface area contributed by atoms with Crippen LogP contribution in [0.1, 0.15) is 20.9 Å². The zero-order valence-electron chi connectivity index (χ0n) is 13.2. The van der Waals surface area contributed by atoms with Crippen LogP contribution in [0, 0.1) is 6.92 Å². The number of halogens is 1. The van der Waals surface area contributed by atoms with E-state index in [0.717, 1.165) is 15.8 Å². The van der Waals surface area contributed by atoms with Crippen molar-refractivity contribution >= 4 is 44.7 Å². The maximum atomic E-state index is 12.7. The van der Waals surface area contributed by atoms with Crippen LogP contribution in [0.5, 0.6) is 0 Å². The van der Waals surface area contributed by atoms with Gasteiger partial charge in [0, 0.05) is 17.0 Å². The molecule has 0 saturated carbocycles. The number of H-pyrrole nitrogens is 1. The van der Waals surface area contributed by atoms with E-state index >= 15 is 0 Å². The third kappa shape index (κ3) is 3.27. The number of nitrogens with one attached hydrogen (secondary N) is 2. The number of hydrogen-bond donors (Lipinski definition) is 2. The van der Waals surface area contributed by atoms with Gasteiger partial charge in [-0.3, -0.25) is 4.79 Å². The Hall–Kier alpha value is -1.82. The van der Waals surface area contributed by atoms with Crippen molar-refractivity contribution < 1.29 is 4.79 Å². The van der Waals surface area contributed by atoms with Gasteiger partial charge in [-0.25, -0.2) is 0 Å². The molecule has 0 saturated heterocycles. The second-order valence-corrected chi connectivity index (χ2v) is 7.41. The number of carbonyl (C=O) groups excluding carboxylic acids is 1. The first-order valence-corrected chi connectivity index (χ1v) is 8.46. The predicted molar refractivity (Wildman–Crippen MR) is 97.7 cm³/mol. The molecule has 0 radical (unpaired) electrons. The normalized spacial score (nSPS) is 11.3. The molecule has 0 atom stereocenters. The van der Waals surface area contributed by atoms with Gasteiger partial charge in [0.2, 0.25) is 0 Å². The Balaban J connectivity index is 1.99. The number of nitrogens with zero attached hydrogens (tertiary/aromatic N) is 1. The van der Waals surface area contributed by atoms with Crippen molar-refractivity contribution in [3.05, 3.63) is 51.5 Å². The summed E-state index contributed by atoms with van der Waals surface area (Å²) in [4.78, 5) is 19.3. The lowest BCUT2D eigenvalue weighted by atomic mass is 10.2. The zero-order valence-corrected chi connectivity index (χ0v) is 14.8. The van der Waals surface area contributed by atoms with Crippen LogP contribution >= 0.6 is 22.9 Å². The molecule has 1 amide bonds. The monoisotopic (exact) mass is 347 g/mol. The molecule has 3 rings (SSSR count). The summed E-state index contributed by atoms with van der Waals surface area (Å²) in [6.45, 7) is 2.77. The lowest BCUT2D eigenvalue weighted by molar-refractivity contribution is 0.102. The zero-order chi connectivity index (χ0) is 16.6. The molecule has 2 N–H and O–H groups in total. The number of amides is 1. The molecular formula is C17H18ClN3OS. The van der Waals surface area contributed by atoms with Crippen molar-refractivity contribution in [1.29, 1.82) is 0 Å². The van der Waals surface area contributed by atoms with Crippen molar-refractivity contribution in [3.63, 3.8) is 0 Å². The molecule has 0 fully saturated rings. The summed E-state index contributed by atoms with van der Waals surface area (Å²) in [5.41, 5.74) is 3.24. The van der Waals surface area contributed by atoms with Crippen molar-refractivity contribution in [2.45, 2.75) is 13.5 Å². The molecule has 23 heavy (non-hydrogen) atoms. The predicted octanol–water partition coefficient (Wildman–Crippen LogP) is 4.51. The van der Waals surface area contributed by atoms with E-state index in [1.165, 1.54) is 4.88 Å². The standard InChI is InChI=1S/C17H18ClN3OS/c1-10-8-14-16(23-10)11(9-21(2)3)15(19-14)17(22)20-13-7-5-4-6-12(13)18/h4-8,19H,9H2,1-3H3,(H,20,22). The van der Waals surface area contributed by atoms with E-state index in [2.05, 4.69) is 28.2 Å². The number of hydrogen-bond acceptors (Lipinski definition) is 3. The summed E-state index contributed by atoms with van der Waals surface area (Å²) in [5.74, 6) is -0.170. The molecule has 1 aromatic carbocycles. The van der Waals surface area contributed by atoms with Crippen LogP contribution < -0.4 is 5.32 Å². The van der Waals surface area contributed by atoms with Crippen molar-refractivity contribution in [1.82, 2.24) is 9.88 Å². The van der Waals surface area contributed by atoms with E-state index in [1.807, 2.05) is 26.2 Å². The van der Waals surface area contributed by atoms with Gasteiger partial charge in [0.1, 0.15) is 5.69 Å². The maximum absolute atomic E-state index is 12.7. The van der Waals surface area contributed by atoms with Gasteiger partial charge in [0.05, 0.1) is 20.9 Å². The van der Waals surface area contributed by atoms with E-state index in [1.54, 1.807) is 23.5 Å². The minimum absolute atomic E-state index is 0.170. The SMILES string of the molecule is Cc1cc2[nH]c(C(=O)Nc3ccccc3Cl)c(CN(C)C)c2s1. The van der Waals surface area contributed by atoms with Crippen molar-refractivity contribution in [2.24, 2.45) is 0 Å². The maximum Gasteiger partial charge on any atom is 0.272 e. The number of anilines is 1. The molecule has 0 unspecified atom stereocenters. The van der Waals surface area contributed by atoms with Gasteiger partial charge in [0.25, 0.3) is 5.91 Å². The summed E-state index contributed by atoms with van der Waals surface area (Å²) in [7, 11) is 3.99. The molecule has 2 aromatic heterocycles. The van der Waals surface area contributed by atoms with E-state index in [-0.39, 0.29) is 5.91 Å². The first-order valence-electron chi connectivity index (χ1n) is 7.27. The fraction of sp³-hybridized carbons (Fsp3) is 0.235. The molecule has 0 aliphatic carbocycles. The smallest absolute Gasteiger partial charge is 0.272 e. The van der Waals surface area contributed by atoms with E-state index in [4.69, 9.17) is 11.6 Å². The third-order valence-electron chi connectivity index (χ3n) is 3.51. The number of benzene rings is 1. The molecule has 0 spiro atoms. The van der Waals surface area contributed by atoms with Crippen LogP contribution in [0.25, 0.3) is 10.2 Å². The Kier molecular flexibility index (Phi) is 4.43. The number of fused-ring (bicyclic) bond motifs is 1. The van der Waals surface area contributed by atoms with Gasteiger partial charge in [-0.1, -0.05) is 23.7 Å². The number of aromatic nitrogens is 1. The highest BCUT2D eigenvalue weighted by molar-refractivity contribution is 7.19. The Morgan fingerprint density at radius 2 is 2.09 bits per heavy atom. The van der Waals surface area contributed by atoms with Crippen molar-refractivity contribution in [2.75, 3.05) is 19.4 Å². The highest BCUT2D eigenvalue weighted by Gasteiger charge is 2.20. The van der Waals surface area contributed by atoms with Gasteiger partial charge in [0.15, 0.2) is 0 Å². The topological polar surface area (TPSA) is 48.1 Å². The Bertz CT molecular complexity index is 866. The van der Waals surface area contributed by atoms with E-state index < -0.39 is 0 Å². The lowest BCUT2D eigenvalue weighted by Crippen LogP contribution is -2.18. The lowest BCUT2D eigenvalue weighted by Gasteiger charge is -2.11. The second-order valence-electron chi connectivity index (χ2n) is 5.75. The molecule has 2 heterocycles. The Morgan fingerprint density at radius 3 is 2.78 bits per heavy atom. The average molecular weight is 348 g/mol. The van der Waals surface area contributed by atoms with Gasteiger partial charge < -0.3 is 15.2 Å². The second kappa shape index (κ2) is 6.35. The quantitative estimate of drug-likeness (QED) is 0.729. The number of rotatable bonds is 4. The number of thiophene rings is 1. The molecule has 0 bridgehead atoms. The highest BCUT2D eigenvalue weighted by atomic mass is 35.5. The van der Waals surface area contributed by atoms with Crippen LogP contribution in [-0.4, -0.2) is 29.9 Å². The number of aryl methyl sites for hydroxylation is 1. The minimum Gasteiger partial charge on any atom is -0.350 e. The summed E-state index contributed by atoms with van der Waals surface area (Å²) in [6, 6.07) is 9.31. The molecule has 0 aliphatic heterocycles. The van der Waals surface area contributed by atoms with Crippen LogP contribution in [-0.2, 0) is 6.54 Å². The first-order chi connectivity index (χ1) is 11.0. The minimum atomic E-state index is -0.170. The highest BCUT2D eigenvalue weighted by Crippen LogP contribution is 2.32. The molecule has 6 heteroatoms. The van der Waals surface area contributed by atoms with E-state index in [9.17, 15) is 4.79 Å². The summed E-state index contributed by atoms with van der Waals surface area (Å²) >= 11 is 7.83. The van der Waals surface area contributed by atoms with Crippen LogP contribution in [0.4, 0.5) is 5.69 Å². The molecule has 4 nitrogen and oxygen atoms in total. The molecule has 120 valence electrons. The van der Waals surface area contributed by atoms with Gasteiger partial charge >= 0.3 is 0 Å². The Labute approximate surface area is 144 Å². The number of para-hydroxylation sites is 1. The average Bonchev–Trinajstić information content (AvgIpc) is 2.99. The van der Waals surface area contributed by atoms with Crippen molar-refractivity contribution in [3.8, 4) is 0 Å². The fourth-order valence-electron chi connectivity index (χ4n) is 2.56. The van der Waals surface area contributed by atoms with Gasteiger partial charge in [-0.15, -0.1) is 11.3 Å². The fourth-order valence-corrected chi connectivity index (χ4v) is 3.75. The third-order valence-corrected chi connectivity index (χ3v) is 4.95. The number of carbonyl (C=O) groups is 1. The van der Waals surface area contributed by atoms with Crippen LogP contribution in [0.15, 0.2) is 30.3 Å².